The van der Waals surface area contributed by atoms with E-state index in [2.05, 4.69) is 13.8 Å². The molecule has 0 spiro atoms. The SMILES string of the molecule is CC1CCCN(C(=O)N2CCC(C)(CN)CC2)C1. The molecule has 4 nitrogen and oxygen atoms in total. The van der Waals surface area contributed by atoms with E-state index in [1.54, 1.807) is 0 Å². The van der Waals surface area contributed by atoms with Gasteiger partial charge in [-0.2, -0.15) is 0 Å². The van der Waals surface area contributed by atoms with Crippen LogP contribution in [0, 0.1) is 11.3 Å². The lowest BCUT2D eigenvalue weighted by atomic mass is 9.80. The Morgan fingerprint density at radius 2 is 1.94 bits per heavy atom. The van der Waals surface area contributed by atoms with Gasteiger partial charge in [0.05, 0.1) is 0 Å². The molecule has 2 saturated heterocycles. The Balaban J connectivity index is 1.87. The molecule has 0 aromatic rings. The van der Waals surface area contributed by atoms with Crippen LogP contribution in [0.1, 0.15) is 39.5 Å². The van der Waals surface area contributed by atoms with Crippen LogP contribution in [-0.2, 0) is 0 Å². The minimum absolute atomic E-state index is 0.242. The molecule has 2 heterocycles. The molecule has 2 rings (SSSR count). The number of hydrogen-bond acceptors (Lipinski definition) is 2. The highest BCUT2D eigenvalue weighted by molar-refractivity contribution is 5.74. The summed E-state index contributed by atoms with van der Waals surface area (Å²) in [6, 6.07) is 0.251. The molecule has 0 aliphatic carbocycles. The smallest absolute Gasteiger partial charge is 0.320 e. The maximum Gasteiger partial charge on any atom is 0.320 e. The number of urea groups is 1. The molecule has 18 heavy (non-hydrogen) atoms. The summed E-state index contributed by atoms with van der Waals surface area (Å²) < 4.78 is 0. The molecule has 0 saturated carbocycles. The first-order chi connectivity index (χ1) is 8.54. The second kappa shape index (κ2) is 5.47. The molecule has 104 valence electrons. The predicted molar refractivity (Wildman–Crippen MR) is 73.3 cm³/mol. The standard InChI is InChI=1S/C14H27N3O/c1-12-4-3-7-17(10-12)13(18)16-8-5-14(2,11-15)6-9-16/h12H,3-11,15H2,1-2H3. The highest BCUT2D eigenvalue weighted by atomic mass is 16.2. The molecule has 2 aliphatic heterocycles. The normalized spacial score (nSPS) is 28.3. The van der Waals surface area contributed by atoms with E-state index in [0.717, 1.165) is 52.0 Å². The van der Waals surface area contributed by atoms with Gasteiger partial charge in [-0.15, -0.1) is 0 Å². The molecule has 1 unspecified atom stereocenters. The summed E-state index contributed by atoms with van der Waals surface area (Å²) >= 11 is 0. The fourth-order valence-corrected chi connectivity index (χ4v) is 3.01. The zero-order valence-corrected chi connectivity index (χ0v) is 11.8. The number of nitrogens with zero attached hydrogens (tertiary/aromatic N) is 2. The molecule has 0 bridgehead atoms. The van der Waals surface area contributed by atoms with Gasteiger partial charge in [-0.25, -0.2) is 4.79 Å². The van der Waals surface area contributed by atoms with Crippen LogP contribution < -0.4 is 5.73 Å². The van der Waals surface area contributed by atoms with Gasteiger partial charge >= 0.3 is 6.03 Å². The molecule has 2 N–H and O–H groups in total. The van der Waals surface area contributed by atoms with Crippen LogP contribution in [0.5, 0.6) is 0 Å². The minimum Gasteiger partial charge on any atom is -0.330 e. The first-order valence-corrected chi connectivity index (χ1v) is 7.28. The number of carbonyl (C=O) groups excluding carboxylic acids is 1. The molecule has 2 fully saturated rings. The van der Waals surface area contributed by atoms with E-state index in [1.165, 1.54) is 6.42 Å². The van der Waals surface area contributed by atoms with Gasteiger partial charge in [-0.3, -0.25) is 0 Å². The molecule has 2 amide bonds. The molecule has 4 heteroatoms. The van der Waals surface area contributed by atoms with Gasteiger partial charge in [0.25, 0.3) is 0 Å². The van der Waals surface area contributed by atoms with Gasteiger partial charge in [0.1, 0.15) is 0 Å². The van der Waals surface area contributed by atoms with Crippen molar-refractivity contribution in [2.45, 2.75) is 39.5 Å². The number of piperidine rings is 2. The molecule has 2 aliphatic rings. The molecule has 0 radical (unpaired) electrons. The van der Waals surface area contributed by atoms with Crippen molar-refractivity contribution >= 4 is 6.03 Å². The third-order valence-corrected chi connectivity index (χ3v) is 4.66. The number of hydrogen-bond donors (Lipinski definition) is 1. The van der Waals surface area contributed by atoms with Gasteiger partial charge in [-0.1, -0.05) is 13.8 Å². The number of amides is 2. The van der Waals surface area contributed by atoms with Crippen LogP contribution in [0.4, 0.5) is 4.79 Å². The molecule has 0 aromatic heterocycles. The van der Waals surface area contributed by atoms with Gasteiger partial charge in [0, 0.05) is 26.2 Å². The van der Waals surface area contributed by atoms with Crippen LogP contribution in [0.15, 0.2) is 0 Å². The number of nitrogens with two attached hydrogens (primary N) is 1. The Hall–Kier alpha value is -0.770. The Labute approximate surface area is 110 Å². The minimum atomic E-state index is 0.242. The largest absolute Gasteiger partial charge is 0.330 e. The lowest BCUT2D eigenvalue weighted by Gasteiger charge is -2.42. The Morgan fingerprint density at radius 3 is 2.50 bits per heavy atom. The van der Waals surface area contributed by atoms with Gasteiger partial charge in [0.2, 0.25) is 0 Å². The fraction of sp³-hybridized carbons (Fsp3) is 0.929. The first kappa shape index (κ1) is 13.7. The van der Waals surface area contributed by atoms with Crippen LogP contribution in [0.25, 0.3) is 0 Å². The van der Waals surface area contributed by atoms with Crippen molar-refractivity contribution in [3.8, 4) is 0 Å². The van der Waals surface area contributed by atoms with Gasteiger partial charge in [0.15, 0.2) is 0 Å². The van der Waals surface area contributed by atoms with Crippen molar-refractivity contribution in [1.82, 2.24) is 9.80 Å². The topological polar surface area (TPSA) is 49.6 Å². The van der Waals surface area contributed by atoms with Crippen molar-refractivity contribution in [2.75, 3.05) is 32.7 Å². The third kappa shape index (κ3) is 2.97. The summed E-state index contributed by atoms with van der Waals surface area (Å²) in [5, 5.41) is 0. The summed E-state index contributed by atoms with van der Waals surface area (Å²) in [4.78, 5) is 16.5. The Morgan fingerprint density at radius 1 is 1.28 bits per heavy atom. The summed E-state index contributed by atoms with van der Waals surface area (Å²) in [5.41, 5.74) is 6.05. The molecule has 0 aromatic carbocycles. The first-order valence-electron chi connectivity index (χ1n) is 7.28. The highest BCUT2D eigenvalue weighted by Crippen LogP contribution is 2.30. The fourth-order valence-electron chi connectivity index (χ4n) is 3.01. The Bertz CT molecular complexity index is 297. The van der Waals surface area contributed by atoms with E-state index in [0.29, 0.717) is 5.92 Å². The second-order valence-corrected chi connectivity index (χ2v) is 6.48. The number of likely N-dealkylation sites (tertiary alicyclic amines) is 2. The summed E-state index contributed by atoms with van der Waals surface area (Å²) in [7, 11) is 0. The van der Waals surface area contributed by atoms with Gasteiger partial charge in [-0.05, 0) is 43.6 Å². The van der Waals surface area contributed by atoms with Crippen LogP contribution >= 0.6 is 0 Å². The maximum atomic E-state index is 12.4. The van der Waals surface area contributed by atoms with Gasteiger partial charge < -0.3 is 15.5 Å². The van der Waals surface area contributed by atoms with E-state index in [9.17, 15) is 4.79 Å². The van der Waals surface area contributed by atoms with E-state index in [4.69, 9.17) is 5.73 Å². The van der Waals surface area contributed by atoms with E-state index in [-0.39, 0.29) is 11.4 Å². The lowest BCUT2D eigenvalue weighted by molar-refractivity contribution is 0.0960. The number of carbonyl (C=O) groups is 1. The summed E-state index contributed by atoms with van der Waals surface area (Å²) in [5.74, 6) is 0.654. The van der Waals surface area contributed by atoms with Crippen LogP contribution in [-0.4, -0.2) is 48.6 Å². The second-order valence-electron chi connectivity index (χ2n) is 6.48. The quantitative estimate of drug-likeness (QED) is 0.776. The molecule has 1 atom stereocenters. The maximum absolute atomic E-state index is 12.4. The average Bonchev–Trinajstić information content (AvgIpc) is 2.39. The lowest BCUT2D eigenvalue weighted by Crippen LogP contribution is -2.51. The highest BCUT2D eigenvalue weighted by Gasteiger charge is 2.33. The van der Waals surface area contributed by atoms with E-state index in [1.807, 2.05) is 9.80 Å². The zero-order valence-electron chi connectivity index (χ0n) is 11.8. The van der Waals surface area contributed by atoms with Crippen molar-refractivity contribution in [2.24, 2.45) is 17.1 Å². The van der Waals surface area contributed by atoms with Crippen molar-refractivity contribution < 1.29 is 4.79 Å². The zero-order chi connectivity index (χ0) is 13.2. The summed E-state index contributed by atoms with van der Waals surface area (Å²) in [6.45, 7) is 8.82. The number of rotatable bonds is 1. The van der Waals surface area contributed by atoms with Crippen LogP contribution in [0.2, 0.25) is 0 Å². The van der Waals surface area contributed by atoms with Crippen molar-refractivity contribution in [1.29, 1.82) is 0 Å². The summed E-state index contributed by atoms with van der Waals surface area (Å²) in [6.07, 6.45) is 4.49. The molecular formula is C14H27N3O. The van der Waals surface area contributed by atoms with Crippen molar-refractivity contribution in [3.63, 3.8) is 0 Å². The van der Waals surface area contributed by atoms with E-state index >= 15 is 0 Å². The van der Waals surface area contributed by atoms with Crippen molar-refractivity contribution in [3.05, 3.63) is 0 Å². The average molecular weight is 253 g/mol. The van der Waals surface area contributed by atoms with E-state index < -0.39 is 0 Å². The predicted octanol–water partition coefficient (Wildman–Crippen LogP) is 1.90. The monoisotopic (exact) mass is 253 g/mol. The Kier molecular flexibility index (Phi) is 4.15. The molecular weight excluding hydrogens is 226 g/mol. The third-order valence-electron chi connectivity index (χ3n) is 4.66. The van der Waals surface area contributed by atoms with Crippen LogP contribution in [0.3, 0.4) is 0 Å².